The molecule has 1 N–H and O–H groups in total. The second-order valence-corrected chi connectivity index (χ2v) is 3.63. The number of hydrogen-bond donors (Lipinski definition) is 1. The van der Waals surface area contributed by atoms with Crippen molar-refractivity contribution in [3.63, 3.8) is 0 Å². The zero-order chi connectivity index (χ0) is 8.74. The number of hydrogen-bond acceptors (Lipinski definition) is 4. The van der Waals surface area contributed by atoms with Crippen LogP contribution in [0.15, 0.2) is 0 Å². The molecule has 0 aromatic heterocycles. The van der Waals surface area contributed by atoms with Crippen molar-refractivity contribution in [3.05, 3.63) is 0 Å². The maximum Gasteiger partial charge on any atom is 0.353 e. The van der Waals surface area contributed by atoms with Gasteiger partial charge in [0.15, 0.2) is 0 Å². The average molecular weight is 205 g/mol. The Kier molecular flexibility index (Phi) is 5.79. The molecular formula is C4H9ClO5S. The summed E-state index contributed by atoms with van der Waals surface area (Å²) >= 11 is 0. The summed E-state index contributed by atoms with van der Waals surface area (Å²) in [6.07, 6.45) is 0. The van der Waals surface area contributed by atoms with Gasteiger partial charge < -0.3 is 9.47 Å². The normalized spacial score (nSPS) is 18.4. The molecule has 0 saturated carbocycles. The third kappa shape index (κ3) is 17.8. The standard InChI is InChI=1S/C4H8O2.ClHO3S/c1-2-6-4-3-5-1;1-5(2,3)4/h1-4H2;(H,2,3,4). The highest BCUT2D eigenvalue weighted by atomic mass is 35.7. The van der Waals surface area contributed by atoms with E-state index < -0.39 is 9.33 Å². The first-order valence-electron chi connectivity index (χ1n) is 2.82. The van der Waals surface area contributed by atoms with Gasteiger partial charge in [-0.25, -0.2) is 0 Å². The van der Waals surface area contributed by atoms with Crippen LogP contribution in [0.4, 0.5) is 0 Å². The second kappa shape index (κ2) is 5.73. The van der Waals surface area contributed by atoms with Crippen molar-refractivity contribution >= 4 is 20.0 Å². The highest BCUT2D eigenvalue weighted by Crippen LogP contribution is 1.85. The lowest BCUT2D eigenvalue weighted by Gasteiger charge is -2.09. The van der Waals surface area contributed by atoms with Gasteiger partial charge >= 0.3 is 9.33 Å². The van der Waals surface area contributed by atoms with E-state index in [1.54, 1.807) is 0 Å². The molecule has 0 bridgehead atoms. The van der Waals surface area contributed by atoms with E-state index in [-0.39, 0.29) is 0 Å². The zero-order valence-corrected chi connectivity index (χ0v) is 7.27. The summed E-state index contributed by atoms with van der Waals surface area (Å²) in [4.78, 5) is 0. The lowest BCUT2D eigenvalue weighted by Crippen LogP contribution is -2.16. The quantitative estimate of drug-likeness (QED) is 0.446. The lowest BCUT2D eigenvalue weighted by atomic mass is 10.6. The summed E-state index contributed by atoms with van der Waals surface area (Å²) in [5.74, 6) is 0. The van der Waals surface area contributed by atoms with Gasteiger partial charge in [-0.3, -0.25) is 4.55 Å². The highest BCUT2D eigenvalue weighted by Gasteiger charge is 1.94. The first-order valence-corrected chi connectivity index (χ1v) is 5.09. The summed E-state index contributed by atoms with van der Waals surface area (Å²) in [6, 6.07) is 0. The molecule has 0 aliphatic carbocycles. The van der Waals surface area contributed by atoms with Crippen molar-refractivity contribution in [1.82, 2.24) is 0 Å². The van der Waals surface area contributed by atoms with Gasteiger partial charge in [0, 0.05) is 10.7 Å². The van der Waals surface area contributed by atoms with Crippen LogP contribution in [-0.4, -0.2) is 39.4 Å². The number of ether oxygens (including phenoxy) is 2. The van der Waals surface area contributed by atoms with Crippen LogP contribution >= 0.6 is 10.7 Å². The molecule has 68 valence electrons. The van der Waals surface area contributed by atoms with E-state index in [0.717, 1.165) is 26.4 Å². The Labute approximate surface area is 69.5 Å². The predicted molar refractivity (Wildman–Crippen MR) is 39.0 cm³/mol. The Morgan fingerprint density at radius 2 is 1.27 bits per heavy atom. The minimum atomic E-state index is -4.19. The minimum absolute atomic E-state index is 0.778. The fourth-order valence-electron chi connectivity index (χ4n) is 0.440. The monoisotopic (exact) mass is 204 g/mol. The first-order chi connectivity index (χ1) is 5.00. The van der Waals surface area contributed by atoms with E-state index in [9.17, 15) is 0 Å². The van der Waals surface area contributed by atoms with Crippen molar-refractivity contribution in [2.24, 2.45) is 0 Å². The smallest absolute Gasteiger partial charge is 0.353 e. The van der Waals surface area contributed by atoms with Gasteiger partial charge in [0.05, 0.1) is 26.4 Å². The Bertz CT molecular complexity index is 153. The molecule has 5 nitrogen and oxygen atoms in total. The minimum Gasteiger partial charge on any atom is -0.377 e. The molecule has 0 amide bonds. The molecular weight excluding hydrogens is 196 g/mol. The van der Waals surface area contributed by atoms with Gasteiger partial charge in [0.1, 0.15) is 0 Å². The van der Waals surface area contributed by atoms with E-state index in [1.807, 2.05) is 0 Å². The third-order valence-electron chi connectivity index (χ3n) is 0.744. The molecule has 0 atom stereocenters. The first kappa shape index (κ1) is 11.1. The molecule has 1 rings (SSSR count). The van der Waals surface area contributed by atoms with E-state index in [2.05, 4.69) is 10.7 Å². The van der Waals surface area contributed by atoms with E-state index in [0.29, 0.717) is 0 Å². The molecule has 11 heavy (non-hydrogen) atoms. The van der Waals surface area contributed by atoms with E-state index >= 15 is 0 Å². The molecule has 0 radical (unpaired) electrons. The topological polar surface area (TPSA) is 72.8 Å². The molecule has 0 aromatic carbocycles. The van der Waals surface area contributed by atoms with Crippen molar-refractivity contribution in [2.45, 2.75) is 0 Å². The largest absolute Gasteiger partial charge is 0.377 e. The average Bonchev–Trinajstić information content (AvgIpc) is 1.88. The van der Waals surface area contributed by atoms with Crippen molar-refractivity contribution < 1.29 is 22.4 Å². The van der Waals surface area contributed by atoms with Crippen LogP contribution in [0.25, 0.3) is 0 Å². The van der Waals surface area contributed by atoms with Crippen LogP contribution < -0.4 is 0 Å². The number of halogens is 1. The van der Waals surface area contributed by atoms with Crippen LogP contribution in [0.2, 0.25) is 0 Å². The fraction of sp³-hybridized carbons (Fsp3) is 1.00. The molecule has 0 aromatic rings. The Balaban J connectivity index is 0.000000187. The predicted octanol–water partition coefficient (Wildman–Crippen LogP) is 0.0612. The Morgan fingerprint density at radius 3 is 1.36 bits per heavy atom. The van der Waals surface area contributed by atoms with Gasteiger partial charge in [-0.2, -0.15) is 8.42 Å². The molecule has 7 heteroatoms. The molecule has 1 aliphatic rings. The van der Waals surface area contributed by atoms with Gasteiger partial charge in [0.2, 0.25) is 0 Å². The molecule has 1 fully saturated rings. The van der Waals surface area contributed by atoms with Gasteiger partial charge in [-0.1, -0.05) is 0 Å². The summed E-state index contributed by atoms with van der Waals surface area (Å²) in [5, 5.41) is 0. The highest BCUT2D eigenvalue weighted by molar-refractivity contribution is 8.09. The molecule has 1 heterocycles. The summed E-state index contributed by atoms with van der Waals surface area (Å²) in [6.45, 7) is 3.11. The SMILES string of the molecule is C1COCCO1.O=S(=O)(O)Cl. The molecule has 0 unspecified atom stereocenters. The lowest BCUT2D eigenvalue weighted by molar-refractivity contribution is -0.0334. The Hall–Kier alpha value is 0.120. The zero-order valence-electron chi connectivity index (χ0n) is 5.69. The van der Waals surface area contributed by atoms with Crippen LogP contribution in [0.3, 0.4) is 0 Å². The van der Waals surface area contributed by atoms with Crippen molar-refractivity contribution in [2.75, 3.05) is 26.4 Å². The van der Waals surface area contributed by atoms with Crippen molar-refractivity contribution in [3.8, 4) is 0 Å². The van der Waals surface area contributed by atoms with Crippen LogP contribution in [0.5, 0.6) is 0 Å². The summed E-state index contributed by atoms with van der Waals surface area (Å²) in [7, 11) is -0.137. The Morgan fingerprint density at radius 1 is 1.09 bits per heavy atom. The van der Waals surface area contributed by atoms with Crippen LogP contribution in [-0.2, 0) is 18.8 Å². The fourth-order valence-corrected chi connectivity index (χ4v) is 0.440. The van der Waals surface area contributed by atoms with Crippen LogP contribution in [0, 0.1) is 0 Å². The van der Waals surface area contributed by atoms with Gasteiger partial charge in [0.25, 0.3) is 0 Å². The third-order valence-corrected chi connectivity index (χ3v) is 0.744. The van der Waals surface area contributed by atoms with Crippen LogP contribution in [0.1, 0.15) is 0 Å². The molecule has 1 aliphatic heterocycles. The second-order valence-electron chi connectivity index (χ2n) is 1.64. The van der Waals surface area contributed by atoms with E-state index in [1.165, 1.54) is 0 Å². The van der Waals surface area contributed by atoms with E-state index in [4.69, 9.17) is 22.4 Å². The van der Waals surface area contributed by atoms with Gasteiger partial charge in [-0.05, 0) is 0 Å². The summed E-state index contributed by atoms with van der Waals surface area (Å²) < 4.78 is 35.1. The number of rotatable bonds is 0. The molecule has 1 saturated heterocycles. The van der Waals surface area contributed by atoms with Gasteiger partial charge in [-0.15, -0.1) is 0 Å². The molecule has 0 spiro atoms. The maximum absolute atomic E-state index is 8.95. The maximum atomic E-state index is 8.95. The van der Waals surface area contributed by atoms with Crippen molar-refractivity contribution in [1.29, 1.82) is 0 Å². The summed E-state index contributed by atoms with van der Waals surface area (Å²) in [5.41, 5.74) is 0.